The first kappa shape index (κ1) is 28.5. The molecule has 0 aliphatic carbocycles. The highest BCUT2D eigenvalue weighted by molar-refractivity contribution is 6.03. The lowest BCUT2D eigenvalue weighted by Crippen LogP contribution is -2.55. The molecule has 1 heterocycles. The summed E-state index contributed by atoms with van der Waals surface area (Å²) in [6.45, 7) is 4.16. The van der Waals surface area contributed by atoms with Gasteiger partial charge in [0.25, 0.3) is 5.91 Å². The van der Waals surface area contributed by atoms with Crippen molar-refractivity contribution in [2.75, 3.05) is 17.6 Å². The van der Waals surface area contributed by atoms with Crippen LogP contribution in [0.3, 0.4) is 0 Å². The van der Waals surface area contributed by atoms with Gasteiger partial charge < -0.3 is 37.9 Å². The molecule has 3 atom stereocenters. The van der Waals surface area contributed by atoms with Gasteiger partial charge in [0.05, 0.1) is 5.56 Å². The van der Waals surface area contributed by atoms with E-state index >= 15 is 0 Å². The van der Waals surface area contributed by atoms with Crippen molar-refractivity contribution in [1.29, 1.82) is 0 Å². The fraction of sp³-hybridized carbons (Fsp3) is 0.407. The minimum atomic E-state index is -0.914. The van der Waals surface area contributed by atoms with Gasteiger partial charge in [0.2, 0.25) is 17.7 Å². The molecule has 11 heteroatoms. The molecule has 4 amide bonds. The average Bonchev–Trinajstić information content (AvgIpc) is 2.89. The van der Waals surface area contributed by atoms with E-state index in [0.29, 0.717) is 49.2 Å². The molecule has 0 saturated carbocycles. The van der Waals surface area contributed by atoms with Crippen LogP contribution in [0, 0.1) is 5.92 Å². The van der Waals surface area contributed by atoms with Crippen LogP contribution >= 0.6 is 0 Å². The summed E-state index contributed by atoms with van der Waals surface area (Å²) in [5.74, 6) is -2.15. The minimum absolute atomic E-state index is 0.0299. The van der Waals surface area contributed by atoms with E-state index in [1.165, 1.54) is 18.2 Å². The summed E-state index contributed by atoms with van der Waals surface area (Å²) in [7, 11) is 0. The van der Waals surface area contributed by atoms with Gasteiger partial charge in [-0.1, -0.05) is 26.3 Å². The molecule has 2 unspecified atom stereocenters. The molecule has 1 aliphatic rings. The van der Waals surface area contributed by atoms with Crippen molar-refractivity contribution in [2.45, 2.75) is 58.2 Å². The van der Waals surface area contributed by atoms with Crippen molar-refractivity contribution in [3.63, 3.8) is 0 Å². The molecule has 0 bridgehead atoms. The maximum absolute atomic E-state index is 13.4. The van der Waals surface area contributed by atoms with Gasteiger partial charge in [-0.05, 0) is 62.1 Å². The molecule has 9 N–H and O–H groups in total. The maximum Gasteiger partial charge on any atom is 0.255 e. The van der Waals surface area contributed by atoms with Crippen molar-refractivity contribution in [3.05, 3.63) is 53.1 Å². The molecule has 11 nitrogen and oxygen atoms in total. The lowest BCUT2D eigenvalue weighted by atomic mass is 9.96. The van der Waals surface area contributed by atoms with Gasteiger partial charge in [0, 0.05) is 22.5 Å². The standard InChI is InChI=1S/C27H36N6O5/c1-3-15(2)23-27(37)31-20(6-4-5-11-28)26(36)32-21-12-16(24(30)34)7-8-17(21)14-38-22-10-9-18(29)13-19(22)25(35)33-23/h7-10,12-13,15,20,23H,3-6,11,14,28-29H2,1-2H3,(H2,30,34)(H,31,37)(H,32,36)(H,33,35)/t15?,20?,23-/m0/s1. The number of anilines is 2. The monoisotopic (exact) mass is 524 g/mol. The minimum Gasteiger partial charge on any atom is -0.488 e. The molecule has 0 saturated heterocycles. The Balaban J connectivity index is 2.09. The zero-order valence-corrected chi connectivity index (χ0v) is 21.7. The Hall–Kier alpha value is -4.12. The number of carbonyl (C=O) groups excluding carboxylic acids is 4. The molecule has 38 heavy (non-hydrogen) atoms. The first-order valence-corrected chi connectivity index (χ1v) is 12.7. The Labute approximate surface area is 221 Å². The number of rotatable bonds is 7. The number of carbonyl (C=O) groups is 4. The first-order valence-electron chi connectivity index (χ1n) is 12.7. The fourth-order valence-corrected chi connectivity index (χ4v) is 4.14. The molecule has 1 aliphatic heterocycles. The van der Waals surface area contributed by atoms with Crippen LogP contribution in [0.4, 0.5) is 11.4 Å². The SMILES string of the molecule is CCC(C)[C@@H]1NC(=O)c2cc(N)ccc2OCc2ccc(C(N)=O)cc2NC(=O)C(CCCCN)NC1=O. The fourth-order valence-electron chi connectivity index (χ4n) is 4.14. The lowest BCUT2D eigenvalue weighted by Gasteiger charge is -2.27. The van der Waals surface area contributed by atoms with E-state index < -0.39 is 35.7 Å². The normalized spacial score (nSPS) is 19.0. The highest BCUT2D eigenvalue weighted by Gasteiger charge is 2.31. The zero-order valence-electron chi connectivity index (χ0n) is 21.7. The highest BCUT2D eigenvalue weighted by atomic mass is 16.5. The third-order valence-electron chi connectivity index (χ3n) is 6.65. The van der Waals surface area contributed by atoms with Crippen molar-refractivity contribution in [1.82, 2.24) is 10.6 Å². The van der Waals surface area contributed by atoms with Crippen LogP contribution in [0.2, 0.25) is 0 Å². The molecule has 2 aromatic rings. The van der Waals surface area contributed by atoms with Crippen LogP contribution in [0.1, 0.15) is 65.8 Å². The Kier molecular flexibility index (Phi) is 9.66. The number of unbranched alkanes of at least 4 members (excludes halogenated alkanes) is 1. The van der Waals surface area contributed by atoms with E-state index in [-0.39, 0.29) is 29.4 Å². The van der Waals surface area contributed by atoms with Gasteiger partial charge in [0.15, 0.2) is 0 Å². The van der Waals surface area contributed by atoms with Gasteiger partial charge in [-0.2, -0.15) is 0 Å². The Morgan fingerprint density at radius 3 is 2.53 bits per heavy atom. The Bertz CT molecular complexity index is 1200. The third-order valence-corrected chi connectivity index (χ3v) is 6.65. The van der Waals surface area contributed by atoms with E-state index in [4.69, 9.17) is 21.9 Å². The summed E-state index contributed by atoms with van der Waals surface area (Å²) in [5.41, 5.74) is 18.6. The van der Waals surface area contributed by atoms with Crippen LogP contribution < -0.4 is 37.9 Å². The molecule has 0 radical (unpaired) electrons. The Morgan fingerprint density at radius 1 is 1.08 bits per heavy atom. The van der Waals surface area contributed by atoms with Gasteiger partial charge >= 0.3 is 0 Å². The molecule has 3 rings (SSSR count). The summed E-state index contributed by atoms with van der Waals surface area (Å²) in [5, 5.41) is 8.45. The topological polar surface area (TPSA) is 192 Å². The first-order chi connectivity index (χ1) is 18.1. The van der Waals surface area contributed by atoms with Crippen molar-refractivity contribution in [2.24, 2.45) is 17.4 Å². The molecule has 0 spiro atoms. The third kappa shape index (κ3) is 7.00. The molecular weight excluding hydrogens is 488 g/mol. The second-order valence-electron chi connectivity index (χ2n) is 9.45. The van der Waals surface area contributed by atoms with Crippen LogP contribution in [0.15, 0.2) is 36.4 Å². The highest BCUT2D eigenvalue weighted by Crippen LogP contribution is 2.26. The number of nitrogens with two attached hydrogens (primary N) is 3. The Morgan fingerprint density at radius 2 is 1.84 bits per heavy atom. The molecule has 2 aromatic carbocycles. The van der Waals surface area contributed by atoms with Crippen molar-refractivity contribution in [3.8, 4) is 5.75 Å². The number of ether oxygens (including phenoxy) is 1. The summed E-state index contributed by atoms with van der Waals surface area (Å²) >= 11 is 0. The molecule has 204 valence electrons. The maximum atomic E-state index is 13.4. The van der Waals surface area contributed by atoms with E-state index in [2.05, 4.69) is 16.0 Å². The number of hydrogen-bond acceptors (Lipinski definition) is 7. The number of fused-ring (bicyclic) bond motifs is 2. The summed E-state index contributed by atoms with van der Waals surface area (Å²) in [6, 6.07) is 7.42. The second-order valence-corrected chi connectivity index (χ2v) is 9.45. The van der Waals surface area contributed by atoms with Gasteiger partial charge in [-0.15, -0.1) is 0 Å². The summed E-state index contributed by atoms with van der Waals surface area (Å²) in [6.07, 6.45) is 2.20. The van der Waals surface area contributed by atoms with Crippen LogP contribution in [-0.4, -0.2) is 42.3 Å². The number of amides is 4. The van der Waals surface area contributed by atoms with Crippen molar-refractivity contribution < 1.29 is 23.9 Å². The summed E-state index contributed by atoms with van der Waals surface area (Å²) < 4.78 is 5.98. The van der Waals surface area contributed by atoms with Crippen LogP contribution in [-0.2, 0) is 16.2 Å². The van der Waals surface area contributed by atoms with Crippen molar-refractivity contribution >= 4 is 35.0 Å². The molecule has 0 aromatic heterocycles. The van der Waals surface area contributed by atoms with E-state index in [9.17, 15) is 19.2 Å². The number of primary amides is 1. The smallest absolute Gasteiger partial charge is 0.255 e. The van der Waals surface area contributed by atoms with Crippen LogP contribution in [0.5, 0.6) is 5.75 Å². The van der Waals surface area contributed by atoms with E-state index in [1.54, 1.807) is 18.2 Å². The summed E-state index contributed by atoms with van der Waals surface area (Å²) in [4.78, 5) is 52.0. The lowest BCUT2D eigenvalue weighted by molar-refractivity contribution is -0.128. The van der Waals surface area contributed by atoms with Gasteiger partial charge in [0.1, 0.15) is 24.4 Å². The van der Waals surface area contributed by atoms with Gasteiger partial charge in [-0.25, -0.2) is 0 Å². The number of benzene rings is 2. The number of hydrogen-bond donors (Lipinski definition) is 6. The predicted octanol–water partition coefficient (Wildman–Crippen LogP) is 1.66. The van der Waals surface area contributed by atoms with Gasteiger partial charge in [-0.3, -0.25) is 19.2 Å². The van der Waals surface area contributed by atoms with Crippen LogP contribution in [0.25, 0.3) is 0 Å². The molecule has 0 fully saturated rings. The average molecular weight is 525 g/mol. The van der Waals surface area contributed by atoms with E-state index in [1.807, 2.05) is 13.8 Å². The largest absolute Gasteiger partial charge is 0.488 e. The second kappa shape index (κ2) is 12.9. The number of nitrogens with one attached hydrogen (secondary N) is 3. The predicted molar refractivity (Wildman–Crippen MR) is 144 cm³/mol. The van der Waals surface area contributed by atoms with E-state index in [0.717, 1.165) is 0 Å². The zero-order chi connectivity index (χ0) is 27.8. The quantitative estimate of drug-likeness (QED) is 0.234. The molecular formula is C27H36N6O5. The number of nitrogen functional groups attached to an aromatic ring is 1.